The molecule has 4 aromatic rings. The van der Waals surface area contributed by atoms with Crippen LogP contribution in [0.4, 0.5) is 5.69 Å². The average Bonchev–Trinajstić information content (AvgIpc) is 3.22. The number of H-pyrrole nitrogens is 2. The van der Waals surface area contributed by atoms with Crippen LogP contribution in [0.15, 0.2) is 52.7 Å². The lowest BCUT2D eigenvalue weighted by molar-refractivity contribution is -0.113. The van der Waals surface area contributed by atoms with Gasteiger partial charge in [0.05, 0.1) is 16.8 Å². The third-order valence-corrected chi connectivity index (χ3v) is 4.93. The first-order valence-corrected chi connectivity index (χ1v) is 9.03. The highest BCUT2D eigenvalue weighted by Gasteiger charge is 2.13. The number of carbonyl (C=O) groups excluding carboxylic acids is 1. The van der Waals surface area contributed by atoms with Crippen LogP contribution in [0, 0.1) is 0 Å². The van der Waals surface area contributed by atoms with Crippen LogP contribution in [0.5, 0.6) is 0 Å². The van der Waals surface area contributed by atoms with Gasteiger partial charge in [-0.15, -0.1) is 10.2 Å². The van der Waals surface area contributed by atoms with Crippen LogP contribution in [0.1, 0.15) is 0 Å². The molecule has 136 valence electrons. The number of benzene rings is 1. The first kappa shape index (κ1) is 17.0. The monoisotopic (exact) mass is 381 g/mol. The van der Waals surface area contributed by atoms with E-state index in [1.54, 1.807) is 30.6 Å². The van der Waals surface area contributed by atoms with Crippen molar-refractivity contribution in [3.63, 3.8) is 0 Å². The van der Waals surface area contributed by atoms with Gasteiger partial charge in [0.1, 0.15) is 0 Å². The number of hydrogen-bond donors (Lipinski definition) is 3. The summed E-state index contributed by atoms with van der Waals surface area (Å²) in [6, 6.07) is 8.89. The first-order valence-electron chi connectivity index (χ1n) is 8.04. The lowest BCUT2D eigenvalue weighted by atomic mass is 10.2. The summed E-state index contributed by atoms with van der Waals surface area (Å²) in [4.78, 5) is 32.8. The number of carbonyl (C=O) groups is 1. The summed E-state index contributed by atoms with van der Waals surface area (Å²) in [5.74, 6) is 0.720. The molecule has 0 saturated heterocycles. The fraction of sp³-hybridized carbons (Fsp3) is 0.118. The minimum Gasteiger partial charge on any atom is -0.325 e. The summed E-state index contributed by atoms with van der Waals surface area (Å²) in [5.41, 5.74) is 2.57. The van der Waals surface area contributed by atoms with Crippen LogP contribution in [-0.2, 0) is 11.8 Å². The number of pyridine rings is 1. The highest BCUT2D eigenvalue weighted by Crippen LogP contribution is 2.22. The van der Waals surface area contributed by atoms with E-state index in [9.17, 15) is 9.59 Å². The molecule has 0 radical (unpaired) electrons. The van der Waals surface area contributed by atoms with E-state index in [0.717, 1.165) is 5.56 Å². The Morgan fingerprint density at radius 1 is 1.15 bits per heavy atom. The van der Waals surface area contributed by atoms with Crippen molar-refractivity contribution in [3.05, 3.63) is 53.2 Å². The number of imidazole rings is 1. The molecule has 0 aliphatic carbocycles. The largest absolute Gasteiger partial charge is 0.325 e. The normalized spacial score (nSPS) is 11.0. The Labute approximate surface area is 157 Å². The molecule has 3 N–H and O–H groups in total. The third kappa shape index (κ3) is 3.60. The van der Waals surface area contributed by atoms with Crippen molar-refractivity contribution in [2.75, 3.05) is 11.1 Å². The number of thioether (sulfide) groups is 1. The van der Waals surface area contributed by atoms with E-state index in [1.165, 1.54) is 11.8 Å². The molecule has 1 amide bonds. The minimum absolute atomic E-state index is 0.175. The molecule has 0 atom stereocenters. The number of anilines is 1. The molecule has 0 aliphatic heterocycles. The van der Waals surface area contributed by atoms with Crippen LogP contribution in [0.3, 0.4) is 0 Å². The van der Waals surface area contributed by atoms with Gasteiger partial charge in [0.25, 0.3) is 0 Å². The Kier molecular flexibility index (Phi) is 4.47. The Morgan fingerprint density at radius 2 is 1.93 bits per heavy atom. The van der Waals surface area contributed by atoms with Crippen LogP contribution < -0.4 is 11.0 Å². The van der Waals surface area contributed by atoms with E-state index in [2.05, 4.69) is 30.5 Å². The van der Waals surface area contributed by atoms with Gasteiger partial charge < -0.3 is 19.9 Å². The lowest BCUT2D eigenvalue weighted by Gasteiger charge is -2.06. The summed E-state index contributed by atoms with van der Waals surface area (Å²) in [6.07, 6.45) is 3.39. The van der Waals surface area contributed by atoms with E-state index in [0.29, 0.717) is 27.7 Å². The number of aromatic amines is 2. The SMILES string of the molecule is Cn1c(SCC(=O)Nc2ccc3[nH]c(=O)[nH]c3c2)nnc1-c1ccncc1. The molecule has 3 aromatic heterocycles. The molecule has 9 nitrogen and oxygen atoms in total. The Bertz CT molecular complexity index is 1160. The van der Waals surface area contributed by atoms with Crippen molar-refractivity contribution in [3.8, 4) is 11.4 Å². The Hall–Kier alpha value is -3.40. The molecule has 0 saturated carbocycles. The molecule has 3 heterocycles. The molecule has 1 aromatic carbocycles. The van der Waals surface area contributed by atoms with E-state index in [4.69, 9.17) is 0 Å². The van der Waals surface area contributed by atoms with E-state index < -0.39 is 0 Å². The number of aromatic nitrogens is 6. The van der Waals surface area contributed by atoms with Crippen LogP contribution in [0.25, 0.3) is 22.4 Å². The summed E-state index contributed by atoms with van der Waals surface area (Å²) >= 11 is 1.30. The topological polar surface area (TPSA) is 121 Å². The van der Waals surface area contributed by atoms with Gasteiger partial charge in [-0.3, -0.25) is 9.78 Å². The third-order valence-electron chi connectivity index (χ3n) is 3.91. The lowest BCUT2D eigenvalue weighted by Crippen LogP contribution is -2.14. The van der Waals surface area contributed by atoms with Crippen molar-refractivity contribution >= 4 is 34.4 Å². The Morgan fingerprint density at radius 3 is 2.74 bits per heavy atom. The first-order chi connectivity index (χ1) is 13.1. The molecular formula is C17H15N7O2S. The van der Waals surface area contributed by atoms with Crippen LogP contribution in [0.2, 0.25) is 0 Å². The van der Waals surface area contributed by atoms with Gasteiger partial charge in [-0.05, 0) is 30.3 Å². The standard InChI is InChI=1S/C17H15N7O2S/c1-24-15(10-4-6-18-7-5-10)22-23-17(24)27-9-14(25)19-11-2-3-12-13(8-11)21-16(26)20-12/h2-8H,9H2,1H3,(H,19,25)(H2,20,21,26). The van der Waals surface area contributed by atoms with E-state index >= 15 is 0 Å². The highest BCUT2D eigenvalue weighted by molar-refractivity contribution is 7.99. The van der Waals surface area contributed by atoms with Crippen LogP contribution in [-0.4, -0.2) is 41.4 Å². The molecule has 0 unspecified atom stereocenters. The van der Waals surface area contributed by atoms with Gasteiger partial charge in [0, 0.05) is 30.7 Å². The highest BCUT2D eigenvalue weighted by atomic mass is 32.2. The molecule has 0 fully saturated rings. The number of hydrogen-bond acceptors (Lipinski definition) is 6. The number of fused-ring (bicyclic) bond motifs is 1. The maximum Gasteiger partial charge on any atom is 0.323 e. The zero-order chi connectivity index (χ0) is 18.8. The van der Waals surface area contributed by atoms with E-state index in [-0.39, 0.29) is 17.3 Å². The molecule has 0 bridgehead atoms. The minimum atomic E-state index is -0.281. The van der Waals surface area contributed by atoms with Gasteiger partial charge in [-0.1, -0.05) is 11.8 Å². The van der Waals surface area contributed by atoms with E-state index in [1.807, 2.05) is 23.7 Å². The second kappa shape index (κ2) is 7.08. The summed E-state index contributed by atoms with van der Waals surface area (Å²) in [5, 5.41) is 11.8. The summed E-state index contributed by atoms with van der Waals surface area (Å²) in [7, 11) is 1.85. The van der Waals surface area contributed by atoms with Gasteiger partial charge in [0.2, 0.25) is 5.91 Å². The molecule has 27 heavy (non-hydrogen) atoms. The molecule has 0 spiro atoms. The smallest absolute Gasteiger partial charge is 0.323 e. The second-order valence-electron chi connectivity index (χ2n) is 5.78. The van der Waals surface area contributed by atoms with Gasteiger partial charge in [-0.25, -0.2) is 4.79 Å². The van der Waals surface area contributed by atoms with Gasteiger partial charge >= 0.3 is 5.69 Å². The molecular weight excluding hydrogens is 366 g/mol. The number of rotatable bonds is 5. The predicted octanol–water partition coefficient (Wildman–Crippen LogP) is 1.78. The van der Waals surface area contributed by atoms with Crippen LogP contribution >= 0.6 is 11.8 Å². The maximum absolute atomic E-state index is 12.2. The zero-order valence-corrected chi connectivity index (χ0v) is 15.1. The zero-order valence-electron chi connectivity index (χ0n) is 14.3. The maximum atomic E-state index is 12.2. The van der Waals surface area contributed by atoms with Crippen molar-refractivity contribution in [2.24, 2.45) is 7.05 Å². The van der Waals surface area contributed by atoms with Crippen molar-refractivity contribution < 1.29 is 4.79 Å². The van der Waals surface area contributed by atoms with Crippen molar-refractivity contribution in [1.29, 1.82) is 0 Å². The number of amides is 1. The molecule has 10 heteroatoms. The fourth-order valence-corrected chi connectivity index (χ4v) is 3.34. The van der Waals surface area contributed by atoms with Gasteiger partial charge in [0.15, 0.2) is 11.0 Å². The van der Waals surface area contributed by atoms with Gasteiger partial charge in [-0.2, -0.15) is 0 Å². The molecule has 4 rings (SSSR count). The summed E-state index contributed by atoms with van der Waals surface area (Å²) in [6.45, 7) is 0. The quantitative estimate of drug-likeness (QED) is 0.453. The predicted molar refractivity (Wildman–Crippen MR) is 103 cm³/mol. The fourth-order valence-electron chi connectivity index (χ4n) is 2.63. The number of nitrogens with zero attached hydrogens (tertiary/aromatic N) is 4. The number of nitrogens with one attached hydrogen (secondary N) is 3. The molecule has 0 aliphatic rings. The second-order valence-corrected chi connectivity index (χ2v) is 6.72. The average molecular weight is 381 g/mol. The van der Waals surface area contributed by atoms with Crippen molar-refractivity contribution in [1.82, 2.24) is 29.7 Å². The summed E-state index contributed by atoms with van der Waals surface area (Å²) < 4.78 is 1.84. The van der Waals surface area contributed by atoms with Crippen molar-refractivity contribution in [2.45, 2.75) is 5.16 Å². The Balaban J connectivity index is 1.41.